The van der Waals surface area contributed by atoms with E-state index in [0.29, 0.717) is 17.9 Å². The van der Waals surface area contributed by atoms with Crippen molar-refractivity contribution < 1.29 is 52.6 Å². The van der Waals surface area contributed by atoms with Crippen LogP contribution in [0.15, 0.2) is 218 Å². The molecule has 5 atom stereocenters. The van der Waals surface area contributed by atoms with Gasteiger partial charge in [0.15, 0.2) is 11.5 Å². The lowest BCUT2D eigenvalue weighted by Gasteiger charge is -2.47. The van der Waals surface area contributed by atoms with E-state index in [1.807, 2.05) is 176 Å². The van der Waals surface area contributed by atoms with Crippen LogP contribution in [0.4, 0.5) is 0 Å². The van der Waals surface area contributed by atoms with E-state index < -0.39 is 48.0 Å². The number of phenols is 1. The van der Waals surface area contributed by atoms with Crippen LogP contribution in [0, 0.1) is 0 Å². The molecule has 11 nitrogen and oxygen atoms in total. The number of carbonyl (C=O) groups excluding carboxylic acids is 2. The summed E-state index contributed by atoms with van der Waals surface area (Å²) in [5.41, 5.74) is 5.35. The Bertz CT molecular complexity index is 3060. The van der Waals surface area contributed by atoms with Gasteiger partial charge in [-0.15, -0.1) is 0 Å². The van der Waals surface area contributed by atoms with Crippen molar-refractivity contribution in [3.05, 3.63) is 268 Å². The normalized spacial score (nSPS) is 17.3. The Kier molecular flexibility index (Phi) is 18.1. The first kappa shape index (κ1) is 51.7. The summed E-state index contributed by atoms with van der Waals surface area (Å²) in [6.45, 7) is 1.12. The largest absolute Gasteiger partial charge is 0.507 e. The Balaban J connectivity index is 1.15. The number of ketones is 1. The molecule has 0 aliphatic carbocycles. The number of allylic oxidation sites excluding steroid dienone is 1. The summed E-state index contributed by atoms with van der Waals surface area (Å²) in [6, 6.07) is 65.8. The third-order valence-electron chi connectivity index (χ3n) is 12.7. The second kappa shape index (κ2) is 26.2. The van der Waals surface area contributed by atoms with Crippen LogP contribution in [0.3, 0.4) is 0 Å². The molecular weight excluding hydrogens is 945 g/mol. The molecule has 1 N–H and O–H groups in total. The molecule has 0 bridgehead atoms. The van der Waals surface area contributed by atoms with Gasteiger partial charge in [0, 0.05) is 6.07 Å². The smallest absolute Gasteiger partial charge is 0.343 e. The molecule has 0 unspecified atom stereocenters. The van der Waals surface area contributed by atoms with E-state index in [9.17, 15) is 14.7 Å². The Labute approximate surface area is 437 Å². The molecule has 0 saturated carbocycles. The van der Waals surface area contributed by atoms with Crippen molar-refractivity contribution in [3.8, 4) is 23.0 Å². The van der Waals surface area contributed by atoms with Gasteiger partial charge >= 0.3 is 5.97 Å². The predicted molar refractivity (Wildman–Crippen MR) is 285 cm³/mol. The minimum Gasteiger partial charge on any atom is -0.507 e. The first-order chi connectivity index (χ1) is 36.9. The number of ether oxygens (including phenoxy) is 8. The SMILES string of the molecule is COc1cc(O)c(C(=O)/C=C/c2ccc(OCc3ccccc3)cc2)c(OC(=O)c2ccccc2)c1[C@@H]1O[C@H](COCc2ccccc2)[C@@H](OCc2ccccc2)[C@H](OCc2ccccc2)[C@H]1OCc1ccccc1. The lowest BCUT2D eigenvalue weighted by molar-refractivity contribution is -0.275. The Hall–Kier alpha value is -8.16. The maximum Gasteiger partial charge on any atom is 0.343 e. The molecule has 9 rings (SSSR count). The average Bonchev–Trinajstić information content (AvgIpc) is 3.47. The van der Waals surface area contributed by atoms with Gasteiger partial charge in [-0.3, -0.25) is 4.79 Å². The van der Waals surface area contributed by atoms with Gasteiger partial charge in [-0.05, 0) is 63.7 Å². The van der Waals surface area contributed by atoms with Gasteiger partial charge < -0.3 is 43.0 Å². The molecule has 1 aliphatic rings. The quantitative estimate of drug-likeness (QED) is 0.0285. The van der Waals surface area contributed by atoms with Gasteiger partial charge in [-0.1, -0.05) is 188 Å². The van der Waals surface area contributed by atoms with Gasteiger partial charge in [0.1, 0.15) is 59.9 Å². The Morgan fingerprint density at radius 3 is 1.53 bits per heavy atom. The minimum absolute atomic E-state index is 0.0194. The summed E-state index contributed by atoms with van der Waals surface area (Å²) in [6.07, 6.45) is -1.93. The van der Waals surface area contributed by atoms with Crippen molar-refractivity contribution in [2.75, 3.05) is 13.7 Å². The zero-order valence-corrected chi connectivity index (χ0v) is 41.5. The van der Waals surface area contributed by atoms with Crippen LogP contribution >= 0.6 is 0 Å². The minimum atomic E-state index is -1.22. The number of methoxy groups -OCH3 is 1. The molecule has 8 aromatic carbocycles. The summed E-state index contributed by atoms with van der Waals surface area (Å²) in [5, 5.41) is 12.0. The van der Waals surface area contributed by atoms with Crippen molar-refractivity contribution in [1.29, 1.82) is 0 Å². The van der Waals surface area contributed by atoms with Crippen LogP contribution in [-0.4, -0.2) is 55.0 Å². The third kappa shape index (κ3) is 13.9. The number of carbonyl (C=O) groups is 2. The second-order valence-corrected chi connectivity index (χ2v) is 17.9. The summed E-state index contributed by atoms with van der Waals surface area (Å²) in [7, 11) is 1.42. The maximum atomic E-state index is 14.8. The van der Waals surface area contributed by atoms with Crippen molar-refractivity contribution in [3.63, 3.8) is 0 Å². The van der Waals surface area contributed by atoms with E-state index in [0.717, 1.165) is 27.8 Å². The second-order valence-electron chi connectivity index (χ2n) is 17.9. The predicted octanol–water partition coefficient (Wildman–Crippen LogP) is 12.5. The summed E-state index contributed by atoms with van der Waals surface area (Å²) >= 11 is 0. The highest BCUT2D eigenvalue weighted by Gasteiger charge is 2.51. The van der Waals surface area contributed by atoms with Crippen LogP contribution < -0.4 is 14.2 Å². The molecule has 1 aliphatic heterocycles. The highest BCUT2D eigenvalue weighted by atomic mass is 16.6. The van der Waals surface area contributed by atoms with Crippen LogP contribution in [-0.2, 0) is 56.7 Å². The summed E-state index contributed by atoms with van der Waals surface area (Å²) < 4.78 is 53.2. The fraction of sp³-hybridized carbons (Fsp3) is 0.188. The van der Waals surface area contributed by atoms with Crippen LogP contribution in [0.25, 0.3) is 6.08 Å². The number of hydrogen-bond acceptors (Lipinski definition) is 11. The van der Waals surface area contributed by atoms with E-state index in [1.165, 1.54) is 19.3 Å². The number of aromatic hydroxyl groups is 1. The van der Waals surface area contributed by atoms with Gasteiger partial charge in [0.05, 0.1) is 51.3 Å². The third-order valence-corrected chi connectivity index (χ3v) is 12.7. The molecule has 1 heterocycles. The number of phenolic OH excluding ortho intramolecular Hbond substituents is 1. The molecule has 1 fully saturated rings. The first-order valence-corrected chi connectivity index (χ1v) is 24.8. The van der Waals surface area contributed by atoms with E-state index in [-0.39, 0.29) is 61.2 Å². The molecule has 1 saturated heterocycles. The topological polar surface area (TPSA) is 128 Å². The van der Waals surface area contributed by atoms with Crippen LogP contribution in [0.2, 0.25) is 0 Å². The summed E-state index contributed by atoms with van der Waals surface area (Å²) in [4.78, 5) is 29.2. The fourth-order valence-electron chi connectivity index (χ4n) is 8.84. The van der Waals surface area contributed by atoms with Crippen LogP contribution in [0.1, 0.15) is 65.8 Å². The molecule has 0 radical (unpaired) electrons. The lowest BCUT2D eigenvalue weighted by atomic mass is 9.87. The molecule has 0 aromatic heterocycles. The van der Waals surface area contributed by atoms with Crippen molar-refractivity contribution in [1.82, 2.24) is 0 Å². The molecule has 8 aromatic rings. The first-order valence-electron chi connectivity index (χ1n) is 24.8. The zero-order chi connectivity index (χ0) is 51.6. The van der Waals surface area contributed by atoms with Gasteiger partial charge in [-0.25, -0.2) is 4.79 Å². The molecule has 380 valence electrons. The maximum absolute atomic E-state index is 14.8. The summed E-state index contributed by atoms with van der Waals surface area (Å²) in [5.74, 6) is -1.54. The Morgan fingerprint density at radius 1 is 0.547 bits per heavy atom. The van der Waals surface area contributed by atoms with Crippen LogP contribution in [0.5, 0.6) is 23.0 Å². The molecular formula is C64H58O11. The van der Waals surface area contributed by atoms with Gasteiger partial charge in [0.2, 0.25) is 0 Å². The fourth-order valence-corrected chi connectivity index (χ4v) is 8.84. The van der Waals surface area contributed by atoms with E-state index in [1.54, 1.807) is 36.4 Å². The number of hydrogen-bond donors (Lipinski definition) is 1. The van der Waals surface area contributed by atoms with Gasteiger partial charge in [0.25, 0.3) is 0 Å². The standard InChI is InChI=1S/C64H58O11/c1-68-55-38-54(66)57(53(65)37-34-45-32-35-52(36-33-45)70-40-47-22-10-3-11-23-47)60(75-64(67)51-30-18-7-19-31-51)58(55)61-63(73-43-50-28-16-6-17-29-50)62(72-42-49-26-14-5-15-27-49)59(71-41-48-24-12-4-13-25-48)56(74-61)44-69-39-46-20-8-2-9-21-46/h2-38,56,59,61-63,66H,39-44H2,1H3/b37-34+/t56-,59-,61+,62+,63+/m1/s1. The highest BCUT2D eigenvalue weighted by molar-refractivity contribution is 6.11. The zero-order valence-electron chi connectivity index (χ0n) is 41.5. The van der Waals surface area contributed by atoms with E-state index in [2.05, 4.69) is 0 Å². The molecule has 0 amide bonds. The number of esters is 1. The highest BCUT2D eigenvalue weighted by Crippen LogP contribution is 2.49. The molecule has 11 heteroatoms. The lowest BCUT2D eigenvalue weighted by Crippen LogP contribution is -2.58. The van der Waals surface area contributed by atoms with Crippen molar-refractivity contribution >= 4 is 17.8 Å². The number of rotatable bonds is 23. The van der Waals surface area contributed by atoms with Crippen molar-refractivity contribution in [2.24, 2.45) is 0 Å². The molecule has 75 heavy (non-hydrogen) atoms. The molecule has 0 spiro atoms. The number of benzene rings is 8. The van der Waals surface area contributed by atoms with Gasteiger partial charge in [-0.2, -0.15) is 0 Å². The van der Waals surface area contributed by atoms with E-state index in [4.69, 9.17) is 37.9 Å². The van der Waals surface area contributed by atoms with Crippen molar-refractivity contribution in [2.45, 2.75) is 63.6 Å². The Morgan fingerprint density at radius 2 is 1.01 bits per heavy atom. The van der Waals surface area contributed by atoms with E-state index >= 15 is 0 Å². The average molecular weight is 1000 g/mol. The monoisotopic (exact) mass is 1000 g/mol.